The minimum atomic E-state index is -0.309. The number of amides is 1. The molecule has 3 atom stereocenters. The summed E-state index contributed by atoms with van der Waals surface area (Å²) in [5, 5.41) is 24.4. The van der Waals surface area contributed by atoms with Crippen molar-refractivity contribution < 1.29 is 33.6 Å². The number of aliphatic hydroxyl groups is 1. The van der Waals surface area contributed by atoms with Crippen LogP contribution in [0.5, 0.6) is 0 Å². The summed E-state index contributed by atoms with van der Waals surface area (Å²) in [5.41, 5.74) is 0.930. The number of amidine groups is 1. The molecule has 1 amide bonds. The lowest BCUT2D eigenvalue weighted by molar-refractivity contribution is -0.131. The lowest BCUT2D eigenvalue weighted by atomic mass is 9.99. The largest absolute Gasteiger partial charge is 0.394 e. The summed E-state index contributed by atoms with van der Waals surface area (Å²) < 4.78 is 29.4. The highest BCUT2D eigenvalue weighted by molar-refractivity contribution is 6.04. The number of anilines is 1. The van der Waals surface area contributed by atoms with E-state index < -0.39 is 0 Å². The number of ether oxygens (including phenoxy) is 5. The van der Waals surface area contributed by atoms with E-state index in [9.17, 15) is 9.90 Å². The molecule has 1 aromatic rings. The van der Waals surface area contributed by atoms with E-state index in [1.54, 1.807) is 0 Å². The SMILES string of the molecule is C#CCOCCOCCOCCOCCNC(=O)C1CN(C2N=C(NC3CCCC3)c3cnn(C4CCC(CO)O4)c3N2)C1. The molecule has 1 aliphatic carbocycles. The van der Waals surface area contributed by atoms with Gasteiger partial charge in [-0.2, -0.15) is 5.10 Å². The number of aliphatic imine (C=N–C) groups is 1. The minimum Gasteiger partial charge on any atom is -0.394 e. The monoisotopic (exact) mass is 617 g/mol. The van der Waals surface area contributed by atoms with Crippen molar-refractivity contribution in [3.05, 3.63) is 11.8 Å². The third-order valence-electron chi connectivity index (χ3n) is 8.30. The fourth-order valence-corrected chi connectivity index (χ4v) is 5.86. The number of nitrogens with zero attached hydrogens (tertiary/aromatic N) is 4. The molecule has 0 aromatic carbocycles. The van der Waals surface area contributed by atoms with Gasteiger partial charge in [-0.15, -0.1) is 6.42 Å². The third-order valence-corrected chi connectivity index (χ3v) is 8.30. The Morgan fingerprint density at radius 2 is 1.75 bits per heavy atom. The van der Waals surface area contributed by atoms with Crippen molar-refractivity contribution >= 4 is 17.6 Å². The second-order valence-corrected chi connectivity index (χ2v) is 11.5. The Hall–Kier alpha value is -2.77. The zero-order valence-corrected chi connectivity index (χ0v) is 25.5. The lowest BCUT2D eigenvalue weighted by Gasteiger charge is -2.43. The molecule has 4 aliphatic rings. The number of aliphatic hydroxyl groups excluding tert-OH is 1. The first-order valence-corrected chi connectivity index (χ1v) is 15.9. The number of rotatable bonds is 18. The zero-order chi connectivity index (χ0) is 30.6. The first-order valence-electron chi connectivity index (χ1n) is 15.9. The predicted molar refractivity (Wildman–Crippen MR) is 162 cm³/mol. The molecule has 244 valence electrons. The molecule has 2 saturated heterocycles. The van der Waals surface area contributed by atoms with Gasteiger partial charge in [0.15, 0.2) is 12.5 Å². The van der Waals surface area contributed by atoms with Crippen LogP contribution in [0.2, 0.25) is 0 Å². The number of carbonyl (C=O) groups is 1. The smallest absolute Gasteiger partial charge is 0.225 e. The predicted octanol–water partition coefficient (Wildman–Crippen LogP) is 0.289. The molecule has 0 spiro atoms. The average molecular weight is 618 g/mol. The Kier molecular flexibility index (Phi) is 12.7. The number of likely N-dealkylation sites (tertiary alicyclic amines) is 1. The number of carbonyl (C=O) groups excluding carboxylic acids is 1. The van der Waals surface area contributed by atoms with Gasteiger partial charge in [-0.3, -0.25) is 9.69 Å². The fourth-order valence-electron chi connectivity index (χ4n) is 5.86. The highest BCUT2D eigenvalue weighted by atomic mass is 16.6. The second-order valence-electron chi connectivity index (χ2n) is 11.5. The summed E-state index contributed by atoms with van der Waals surface area (Å²) in [4.78, 5) is 19.9. The molecule has 0 radical (unpaired) electrons. The number of aromatic nitrogens is 2. The van der Waals surface area contributed by atoms with Gasteiger partial charge >= 0.3 is 0 Å². The van der Waals surface area contributed by atoms with E-state index in [2.05, 4.69) is 31.9 Å². The summed E-state index contributed by atoms with van der Waals surface area (Å²) in [5.74, 6) is 4.02. The van der Waals surface area contributed by atoms with Crippen molar-refractivity contribution in [2.75, 3.05) is 84.4 Å². The fraction of sp³-hybridized carbons (Fsp3) is 0.767. The van der Waals surface area contributed by atoms with Crippen LogP contribution in [0.25, 0.3) is 0 Å². The van der Waals surface area contributed by atoms with E-state index in [0.29, 0.717) is 78.5 Å². The Morgan fingerprint density at radius 1 is 1.05 bits per heavy atom. The van der Waals surface area contributed by atoms with Gasteiger partial charge in [0.25, 0.3) is 0 Å². The Labute approximate surface area is 259 Å². The van der Waals surface area contributed by atoms with Crippen LogP contribution in [-0.2, 0) is 28.5 Å². The standard InChI is InChI=1S/C30H47N7O7/c1-2-10-40-12-14-42-16-17-43-15-13-41-11-9-31-29(39)22-19-36(20-22)30-34-27(33-23-5-3-4-6-23)25-18-32-37(28(25)35-30)26-8-7-24(21-38)44-26/h1,18,22-24,26,30,35,38H,3-17,19-21H2,(H,31,39)(H,33,34). The van der Waals surface area contributed by atoms with E-state index in [4.69, 9.17) is 35.1 Å². The maximum atomic E-state index is 12.7. The summed E-state index contributed by atoms with van der Waals surface area (Å²) in [6, 6.07) is 0.401. The van der Waals surface area contributed by atoms with Crippen LogP contribution in [0.4, 0.5) is 5.82 Å². The molecule has 0 bridgehead atoms. The third kappa shape index (κ3) is 8.91. The molecule has 44 heavy (non-hydrogen) atoms. The van der Waals surface area contributed by atoms with Crippen molar-refractivity contribution in [1.29, 1.82) is 0 Å². The first kappa shape index (κ1) is 32.6. The molecular weight excluding hydrogens is 570 g/mol. The zero-order valence-electron chi connectivity index (χ0n) is 25.5. The van der Waals surface area contributed by atoms with Crippen molar-refractivity contribution in [3.8, 4) is 12.3 Å². The van der Waals surface area contributed by atoms with E-state index in [1.807, 2.05) is 10.9 Å². The molecular formula is C30H47N7O7. The summed E-state index contributed by atoms with van der Waals surface area (Å²) >= 11 is 0. The van der Waals surface area contributed by atoms with Gasteiger partial charge in [-0.25, -0.2) is 9.67 Å². The van der Waals surface area contributed by atoms with Gasteiger partial charge in [0.2, 0.25) is 5.91 Å². The van der Waals surface area contributed by atoms with Gasteiger partial charge in [-0.1, -0.05) is 18.8 Å². The highest BCUT2D eigenvalue weighted by Crippen LogP contribution is 2.34. The van der Waals surface area contributed by atoms with Crippen molar-refractivity contribution in [1.82, 2.24) is 25.3 Å². The Balaban J connectivity index is 1.00. The first-order chi connectivity index (χ1) is 21.7. The van der Waals surface area contributed by atoms with E-state index in [1.165, 1.54) is 12.8 Å². The maximum Gasteiger partial charge on any atom is 0.225 e. The molecule has 14 nitrogen and oxygen atoms in total. The highest BCUT2D eigenvalue weighted by Gasteiger charge is 2.40. The summed E-state index contributed by atoms with van der Waals surface area (Å²) in [6.45, 7) is 5.21. The van der Waals surface area contributed by atoms with Crippen molar-refractivity contribution in [2.24, 2.45) is 10.9 Å². The number of hydrogen-bond acceptors (Lipinski definition) is 12. The molecule has 4 N–H and O–H groups in total. The Bertz CT molecular complexity index is 1110. The molecule has 3 fully saturated rings. The molecule has 3 aliphatic heterocycles. The molecule has 5 rings (SSSR count). The lowest BCUT2D eigenvalue weighted by Crippen LogP contribution is -2.60. The maximum absolute atomic E-state index is 12.7. The van der Waals surface area contributed by atoms with Crippen LogP contribution >= 0.6 is 0 Å². The van der Waals surface area contributed by atoms with Crippen molar-refractivity contribution in [2.45, 2.75) is 63.2 Å². The van der Waals surface area contributed by atoms with Crippen LogP contribution in [0.1, 0.15) is 50.3 Å². The quantitative estimate of drug-likeness (QED) is 0.133. The van der Waals surface area contributed by atoms with E-state index >= 15 is 0 Å². The molecule has 3 unspecified atom stereocenters. The van der Waals surface area contributed by atoms with Crippen LogP contribution in [0.15, 0.2) is 11.2 Å². The Morgan fingerprint density at radius 3 is 2.43 bits per heavy atom. The molecule has 4 heterocycles. The summed E-state index contributed by atoms with van der Waals surface area (Å²) in [6.07, 6.45) is 12.5. The van der Waals surface area contributed by atoms with Gasteiger partial charge in [0.05, 0.1) is 76.6 Å². The number of nitrogens with one attached hydrogen (secondary N) is 3. The number of terminal acetylenes is 1. The van der Waals surface area contributed by atoms with Gasteiger partial charge in [0, 0.05) is 25.7 Å². The second kappa shape index (κ2) is 17.1. The van der Waals surface area contributed by atoms with Gasteiger partial charge in [-0.05, 0) is 25.7 Å². The van der Waals surface area contributed by atoms with Crippen LogP contribution in [0, 0.1) is 18.3 Å². The van der Waals surface area contributed by atoms with Crippen LogP contribution in [0.3, 0.4) is 0 Å². The summed E-state index contributed by atoms with van der Waals surface area (Å²) in [7, 11) is 0. The molecule has 1 saturated carbocycles. The van der Waals surface area contributed by atoms with E-state index in [-0.39, 0.29) is 37.1 Å². The number of fused-ring (bicyclic) bond motifs is 1. The van der Waals surface area contributed by atoms with Crippen LogP contribution in [-0.4, -0.2) is 129 Å². The van der Waals surface area contributed by atoms with E-state index in [0.717, 1.165) is 42.9 Å². The normalized spacial score (nSPS) is 23.9. The minimum absolute atomic E-state index is 0.00569. The average Bonchev–Trinajstić information content (AvgIpc) is 3.78. The van der Waals surface area contributed by atoms with Crippen LogP contribution < -0.4 is 16.0 Å². The molecule has 1 aromatic heterocycles. The molecule has 14 heteroatoms. The van der Waals surface area contributed by atoms with Gasteiger partial charge in [0.1, 0.15) is 18.3 Å². The van der Waals surface area contributed by atoms with Crippen molar-refractivity contribution in [3.63, 3.8) is 0 Å². The van der Waals surface area contributed by atoms with Gasteiger partial charge < -0.3 is 44.7 Å². The number of hydrogen-bond donors (Lipinski definition) is 4. The topological polar surface area (TPSA) is 153 Å².